The van der Waals surface area contributed by atoms with Crippen LogP contribution in [-0.4, -0.2) is 53.0 Å². The second-order valence-electron chi connectivity index (χ2n) is 5.71. The number of esters is 1. The van der Waals surface area contributed by atoms with Gasteiger partial charge in [0.05, 0.1) is 19.8 Å². The summed E-state index contributed by atoms with van der Waals surface area (Å²) >= 11 is 0. The van der Waals surface area contributed by atoms with Crippen LogP contribution in [0.15, 0.2) is 0 Å². The van der Waals surface area contributed by atoms with Crippen LogP contribution in [0.4, 0.5) is 4.79 Å². The van der Waals surface area contributed by atoms with E-state index in [2.05, 4.69) is 0 Å². The van der Waals surface area contributed by atoms with Gasteiger partial charge < -0.3 is 14.6 Å². The average Bonchev–Trinajstić information content (AvgIpc) is 2.51. The van der Waals surface area contributed by atoms with E-state index in [4.69, 9.17) is 9.47 Å². The van der Waals surface area contributed by atoms with E-state index in [0.717, 1.165) is 0 Å². The van der Waals surface area contributed by atoms with Gasteiger partial charge in [0.2, 0.25) is 0 Å². The van der Waals surface area contributed by atoms with E-state index >= 15 is 0 Å². The molecule has 0 aromatic heterocycles. The molecular weight excluding hydrogens is 238 g/mol. The number of aliphatic hydroxyl groups is 1. The first-order valence-corrected chi connectivity index (χ1v) is 5.87. The summed E-state index contributed by atoms with van der Waals surface area (Å²) in [5.74, 6) is -0.551. The minimum atomic E-state index is -1.17. The molecule has 1 amide bonds. The number of likely N-dealkylation sites (tertiary alicyclic amines) is 1. The first kappa shape index (κ1) is 14.8. The zero-order valence-electron chi connectivity index (χ0n) is 11.5. The summed E-state index contributed by atoms with van der Waals surface area (Å²) in [6, 6.07) is 0. The lowest BCUT2D eigenvalue weighted by Gasteiger charge is -2.33. The molecule has 6 nitrogen and oxygen atoms in total. The quantitative estimate of drug-likeness (QED) is 0.709. The lowest BCUT2D eigenvalue weighted by Crippen LogP contribution is -2.52. The third-order valence-electron chi connectivity index (χ3n) is 2.86. The van der Waals surface area contributed by atoms with Gasteiger partial charge >= 0.3 is 12.1 Å². The van der Waals surface area contributed by atoms with Crippen LogP contribution in [0, 0.1) is 0 Å². The molecule has 1 fully saturated rings. The van der Waals surface area contributed by atoms with Crippen molar-refractivity contribution >= 4 is 12.1 Å². The van der Waals surface area contributed by atoms with Gasteiger partial charge in [-0.3, -0.25) is 4.90 Å². The van der Waals surface area contributed by atoms with Gasteiger partial charge in [-0.05, 0) is 27.7 Å². The molecule has 6 heteroatoms. The summed E-state index contributed by atoms with van der Waals surface area (Å²) in [6.07, 6.45) is -1.22. The fourth-order valence-corrected chi connectivity index (χ4v) is 2.05. The number of carbonyl (C=O) groups is 2. The van der Waals surface area contributed by atoms with Crippen LogP contribution in [-0.2, 0) is 14.3 Å². The highest BCUT2D eigenvalue weighted by molar-refractivity contribution is 5.86. The average molecular weight is 259 g/mol. The van der Waals surface area contributed by atoms with E-state index < -0.39 is 29.3 Å². The Morgan fingerprint density at radius 2 is 1.94 bits per heavy atom. The molecule has 104 valence electrons. The van der Waals surface area contributed by atoms with Gasteiger partial charge in [-0.25, -0.2) is 9.59 Å². The Kier molecular flexibility index (Phi) is 3.90. The number of amides is 1. The number of carbonyl (C=O) groups excluding carboxylic acids is 2. The summed E-state index contributed by atoms with van der Waals surface area (Å²) in [5.41, 5.74) is -1.82. The Morgan fingerprint density at radius 1 is 1.39 bits per heavy atom. The molecule has 0 radical (unpaired) electrons. The molecule has 0 bridgehead atoms. The summed E-state index contributed by atoms with van der Waals surface area (Å²) in [4.78, 5) is 25.0. The highest BCUT2D eigenvalue weighted by Gasteiger charge is 2.51. The Labute approximate surface area is 107 Å². The van der Waals surface area contributed by atoms with Gasteiger partial charge in [0, 0.05) is 6.42 Å². The van der Waals surface area contributed by atoms with E-state index in [0.29, 0.717) is 0 Å². The van der Waals surface area contributed by atoms with E-state index in [1.54, 1.807) is 27.7 Å². The van der Waals surface area contributed by atoms with E-state index in [1.807, 2.05) is 0 Å². The molecule has 1 aliphatic rings. The molecule has 1 rings (SSSR count). The minimum absolute atomic E-state index is 0.0700. The predicted molar refractivity (Wildman–Crippen MR) is 64.0 cm³/mol. The molecule has 0 aromatic rings. The van der Waals surface area contributed by atoms with E-state index in [1.165, 1.54) is 12.0 Å². The molecule has 1 N–H and O–H groups in total. The summed E-state index contributed by atoms with van der Waals surface area (Å²) in [7, 11) is 1.26. The molecule has 0 spiro atoms. The normalized spacial score (nSPS) is 28.1. The Balaban J connectivity index is 2.92. The second-order valence-corrected chi connectivity index (χ2v) is 5.71. The van der Waals surface area contributed by atoms with Gasteiger partial charge in [-0.15, -0.1) is 0 Å². The van der Waals surface area contributed by atoms with Gasteiger partial charge in [-0.1, -0.05) is 0 Å². The summed E-state index contributed by atoms with van der Waals surface area (Å²) < 4.78 is 9.92. The van der Waals surface area contributed by atoms with Crippen LogP contribution in [0.1, 0.15) is 34.1 Å². The maximum Gasteiger partial charge on any atom is 0.411 e. The highest BCUT2D eigenvalue weighted by atomic mass is 16.6. The van der Waals surface area contributed by atoms with Crippen molar-refractivity contribution in [3.63, 3.8) is 0 Å². The number of aliphatic hydroxyl groups excluding tert-OH is 1. The van der Waals surface area contributed by atoms with Crippen molar-refractivity contribution in [2.45, 2.75) is 51.4 Å². The van der Waals surface area contributed by atoms with Crippen molar-refractivity contribution in [3.05, 3.63) is 0 Å². The fourth-order valence-electron chi connectivity index (χ4n) is 2.05. The smallest absolute Gasteiger partial charge is 0.411 e. The van der Waals surface area contributed by atoms with Crippen LogP contribution < -0.4 is 0 Å². The molecule has 1 saturated heterocycles. The molecule has 0 aliphatic carbocycles. The van der Waals surface area contributed by atoms with Crippen LogP contribution in [0.3, 0.4) is 0 Å². The lowest BCUT2D eigenvalue weighted by atomic mass is 9.98. The monoisotopic (exact) mass is 259 g/mol. The second kappa shape index (κ2) is 4.76. The number of rotatable bonds is 1. The topological polar surface area (TPSA) is 76.1 Å². The van der Waals surface area contributed by atoms with Gasteiger partial charge in [-0.2, -0.15) is 0 Å². The number of hydrogen-bond donors (Lipinski definition) is 1. The van der Waals surface area contributed by atoms with Crippen LogP contribution >= 0.6 is 0 Å². The van der Waals surface area contributed by atoms with Gasteiger partial charge in [0.1, 0.15) is 11.1 Å². The highest BCUT2D eigenvalue weighted by Crippen LogP contribution is 2.31. The van der Waals surface area contributed by atoms with Crippen LogP contribution in [0.5, 0.6) is 0 Å². The molecule has 1 heterocycles. The van der Waals surface area contributed by atoms with Crippen molar-refractivity contribution in [1.29, 1.82) is 0 Å². The lowest BCUT2D eigenvalue weighted by molar-refractivity contribution is -0.152. The number of hydrogen-bond acceptors (Lipinski definition) is 5. The molecular formula is C12H21NO5. The van der Waals surface area contributed by atoms with Gasteiger partial charge in [0.25, 0.3) is 0 Å². The maximum absolute atomic E-state index is 12.0. The standard InChI is InChI=1S/C12H21NO5/c1-11(2,3)18-10(16)13-7-8(14)6-12(13,4)9(15)17-5/h8,14H,6-7H2,1-5H3/t8-,12-/m1/s1. The Hall–Kier alpha value is -1.30. The number of ether oxygens (including phenoxy) is 2. The SMILES string of the molecule is COC(=O)[C@@]1(C)C[C@@H](O)CN1C(=O)OC(C)(C)C. The van der Waals surface area contributed by atoms with E-state index in [-0.39, 0.29) is 13.0 Å². The zero-order valence-corrected chi connectivity index (χ0v) is 11.5. The molecule has 2 atom stereocenters. The number of nitrogens with zero attached hydrogens (tertiary/aromatic N) is 1. The maximum atomic E-state index is 12.0. The van der Waals surface area contributed by atoms with Crippen molar-refractivity contribution in [3.8, 4) is 0 Å². The molecule has 0 aromatic carbocycles. The first-order valence-electron chi connectivity index (χ1n) is 5.87. The van der Waals surface area contributed by atoms with Crippen molar-refractivity contribution in [1.82, 2.24) is 4.90 Å². The minimum Gasteiger partial charge on any atom is -0.467 e. The third-order valence-corrected chi connectivity index (χ3v) is 2.86. The van der Waals surface area contributed by atoms with Crippen molar-refractivity contribution in [2.24, 2.45) is 0 Å². The van der Waals surface area contributed by atoms with Crippen molar-refractivity contribution < 1.29 is 24.2 Å². The third kappa shape index (κ3) is 2.93. The Bertz CT molecular complexity index is 349. The zero-order chi connectivity index (χ0) is 14.1. The van der Waals surface area contributed by atoms with E-state index in [9.17, 15) is 14.7 Å². The first-order chi connectivity index (χ1) is 8.10. The molecule has 1 aliphatic heterocycles. The number of methoxy groups -OCH3 is 1. The molecule has 0 saturated carbocycles. The predicted octanol–water partition coefficient (Wildman–Crippen LogP) is 0.920. The van der Waals surface area contributed by atoms with Crippen LogP contribution in [0.25, 0.3) is 0 Å². The largest absolute Gasteiger partial charge is 0.467 e. The Morgan fingerprint density at radius 3 is 2.39 bits per heavy atom. The molecule has 18 heavy (non-hydrogen) atoms. The molecule has 0 unspecified atom stereocenters. The number of β-amino-alcohol motifs (C(OH)–C–C–N with tert-alkyl or cyclic N) is 1. The summed E-state index contributed by atoms with van der Waals surface area (Å²) in [6.45, 7) is 6.87. The summed E-state index contributed by atoms with van der Waals surface area (Å²) in [5, 5.41) is 9.67. The van der Waals surface area contributed by atoms with Gasteiger partial charge in [0.15, 0.2) is 0 Å². The van der Waals surface area contributed by atoms with Crippen LogP contribution in [0.2, 0.25) is 0 Å². The fraction of sp³-hybridized carbons (Fsp3) is 0.833. The van der Waals surface area contributed by atoms with Crippen molar-refractivity contribution in [2.75, 3.05) is 13.7 Å².